The van der Waals surface area contributed by atoms with Crippen molar-refractivity contribution in [1.82, 2.24) is 4.90 Å². The summed E-state index contributed by atoms with van der Waals surface area (Å²) in [4.78, 5) is 9.48. The second kappa shape index (κ2) is 5.19. The monoisotopic (exact) mass is 207 g/mol. The maximum Gasteiger partial charge on any atom is 0.218 e. The van der Waals surface area contributed by atoms with Crippen molar-refractivity contribution in [3.8, 4) is 0 Å². The molecule has 0 aliphatic heterocycles. The van der Waals surface area contributed by atoms with Gasteiger partial charge in [-0.1, -0.05) is 18.2 Å². The minimum absolute atomic E-state index is 0.190. The van der Waals surface area contributed by atoms with Crippen molar-refractivity contribution in [2.75, 3.05) is 20.6 Å². The van der Waals surface area contributed by atoms with Crippen LogP contribution in [0.1, 0.15) is 6.42 Å². The van der Waals surface area contributed by atoms with Crippen molar-refractivity contribution < 1.29 is 0 Å². The lowest BCUT2D eigenvalue weighted by Crippen LogP contribution is -2.36. The molecule has 0 atom stereocenters. The molecule has 0 unspecified atom stereocenters. The number of guanidine groups is 2. The number of likely N-dealkylation sites (N-methyl/N-ethyl adjacent to an activating group) is 1. The van der Waals surface area contributed by atoms with E-state index in [1.54, 1.807) is 7.05 Å². The number of hydrogen-bond acceptors (Lipinski definition) is 1. The summed E-state index contributed by atoms with van der Waals surface area (Å²) >= 11 is 0. The molecule has 0 spiro atoms. The van der Waals surface area contributed by atoms with Crippen LogP contribution in [0.3, 0.4) is 0 Å². The number of nitrogens with zero attached hydrogens (tertiary/aromatic N) is 3. The highest BCUT2D eigenvalue weighted by molar-refractivity contribution is 5.93. The third kappa shape index (κ3) is 3.46. The minimum Gasteiger partial charge on any atom is -0.369 e. The summed E-state index contributed by atoms with van der Waals surface area (Å²) < 4.78 is 0. The first-order valence-electron chi connectivity index (χ1n) is 4.76. The maximum absolute atomic E-state index is 5.74. The topological polar surface area (TPSA) is 80.0 Å². The second-order valence-corrected chi connectivity index (χ2v) is 3.32. The van der Waals surface area contributed by atoms with Gasteiger partial charge in [-0.25, -0.2) is 0 Å². The van der Waals surface area contributed by atoms with E-state index in [1.807, 2.05) is 11.9 Å². The molecule has 0 aromatic rings. The van der Waals surface area contributed by atoms with Gasteiger partial charge in [0.15, 0.2) is 5.96 Å². The third-order valence-electron chi connectivity index (χ3n) is 2.12. The molecule has 1 rings (SSSR count). The second-order valence-electron chi connectivity index (χ2n) is 3.32. The molecule has 0 fully saturated rings. The van der Waals surface area contributed by atoms with Crippen LogP contribution in [-0.4, -0.2) is 37.5 Å². The van der Waals surface area contributed by atoms with Gasteiger partial charge in [0.1, 0.15) is 0 Å². The summed E-state index contributed by atoms with van der Waals surface area (Å²) in [5.41, 5.74) is 12.4. The van der Waals surface area contributed by atoms with E-state index in [1.165, 1.54) is 5.57 Å². The summed E-state index contributed by atoms with van der Waals surface area (Å²) in [5.74, 6) is 0.564. The number of hydrogen-bond donors (Lipinski definition) is 2. The lowest BCUT2D eigenvalue weighted by Gasteiger charge is -2.17. The van der Waals surface area contributed by atoms with Crippen molar-refractivity contribution >= 4 is 11.9 Å². The van der Waals surface area contributed by atoms with Crippen molar-refractivity contribution in [2.45, 2.75) is 6.42 Å². The number of aliphatic imine (C=N–C) groups is 2. The summed E-state index contributed by atoms with van der Waals surface area (Å²) in [6.45, 7) is 0.739. The fourth-order valence-electron chi connectivity index (χ4n) is 1.23. The van der Waals surface area contributed by atoms with Crippen LogP contribution < -0.4 is 11.5 Å². The Labute approximate surface area is 89.9 Å². The Kier molecular flexibility index (Phi) is 3.91. The van der Waals surface area contributed by atoms with E-state index in [-0.39, 0.29) is 5.96 Å². The lowest BCUT2D eigenvalue weighted by molar-refractivity contribution is 0.548. The number of allylic oxidation sites excluding steroid dienone is 2. The molecule has 0 aromatic heterocycles. The van der Waals surface area contributed by atoms with Gasteiger partial charge in [0, 0.05) is 20.6 Å². The van der Waals surface area contributed by atoms with Crippen molar-refractivity contribution in [3.05, 3.63) is 23.8 Å². The van der Waals surface area contributed by atoms with Gasteiger partial charge in [0.25, 0.3) is 0 Å². The smallest absolute Gasteiger partial charge is 0.218 e. The molecule has 0 saturated carbocycles. The summed E-state index contributed by atoms with van der Waals surface area (Å²) in [5, 5.41) is 0. The fourth-order valence-corrected chi connectivity index (χ4v) is 1.23. The molecule has 0 saturated heterocycles. The molecular formula is C10H17N5. The Bertz CT molecular complexity index is 338. The largest absolute Gasteiger partial charge is 0.369 e. The van der Waals surface area contributed by atoms with Gasteiger partial charge in [0.05, 0.1) is 0 Å². The van der Waals surface area contributed by atoms with Crippen LogP contribution in [0.4, 0.5) is 0 Å². The Morgan fingerprint density at radius 3 is 2.80 bits per heavy atom. The Morgan fingerprint density at radius 2 is 2.27 bits per heavy atom. The van der Waals surface area contributed by atoms with E-state index in [4.69, 9.17) is 11.5 Å². The molecule has 0 aromatic carbocycles. The van der Waals surface area contributed by atoms with E-state index in [0.717, 1.165) is 13.0 Å². The molecule has 1 aliphatic carbocycles. The van der Waals surface area contributed by atoms with E-state index < -0.39 is 0 Å². The predicted octanol–water partition coefficient (Wildman–Crippen LogP) is 0.0637. The summed E-state index contributed by atoms with van der Waals surface area (Å²) in [6, 6.07) is 0. The molecular weight excluding hydrogens is 190 g/mol. The van der Waals surface area contributed by atoms with Crippen LogP contribution in [0.2, 0.25) is 0 Å². The van der Waals surface area contributed by atoms with Crippen LogP contribution >= 0.6 is 0 Å². The zero-order valence-corrected chi connectivity index (χ0v) is 9.14. The zero-order chi connectivity index (χ0) is 11.3. The summed E-state index contributed by atoms with van der Waals surface area (Å²) in [6.07, 6.45) is 7.35. The van der Waals surface area contributed by atoms with Crippen LogP contribution in [-0.2, 0) is 0 Å². The van der Waals surface area contributed by atoms with Gasteiger partial charge in [-0.15, -0.1) is 0 Å². The first-order chi connectivity index (χ1) is 7.13. The van der Waals surface area contributed by atoms with Gasteiger partial charge in [-0.2, -0.15) is 4.99 Å². The fraction of sp³-hybridized carbons (Fsp3) is 0.400. The minimum atomic E-state index is 0.190. The maximum atomic E-state index is 5.74. The average Bonchev–Trinajstić information content (AvgIpc) is 2.70. The van der Waals surface area contributed by atoms with Gasteiger partial charge in [-0.3, -0.25) is 4.99 Å². The van der Waals surface area contributed by atoms with Crippen LogP contribution in [0.5, 0.6) is 0 Å². The van der Waals surface area contributed by atoms with Crippen molar-refractivity contribution in [3.63, 3.8) is 0 Å². The van der Waals surface area contributed by atoms with E-state index in [2.05, 4.69) is 28.2 Å². The van der Waals surface area contributed by atoms with Crippen LogP contribution in [0.25, 0.3) is 0 Å². The number of rotatable bonds is 2. The third-order valence-corrected chi connectivity index (χ3v) is 2.12. The molecule has 0 bridgehead atoms. The molecule has 0 radical (unpaired) electrons. The zero-order valence-electron chi connectivity index (χ0n) is 9.14. The molecule has 5 nitrogen and oxygen atoms in total. The van der Waals surface area contributed by atoms with Gasteiger partial charge < -0.3 is 16.4 Å². The van der Waals surface area contributed by atoms with Gasteiger partial charge in [-0.05, 0) is 12.0 Å². The first kappa shape index (κ1) is 11.3. The Hall–Kier alpha value is -1.78. The van der Waals surface area contributed by atoms with Gasteiger partial charge >= 0.3 is 0 Å². The lowest BCUT2D eigenvalue weighted by atomic mass is 10.3. The predicted molar refractivity (Wildman–Crippen MR) is 63.6 cm³/mol. The molecule has 0 amide bonds. The molecule has 4 N–H and O–H groups in total. The van der Waals surface area contributed by atoms with E-state index in [0.29, 0.717) is 5.96 Å². The van der Waals surface area contributed by atoms with Crippen molar-refractivity contribution in [2.24, 2.45) is 21.5 Å². The SMILES string of the molecule is CN=C(N)N=C(N)N(C)CC1=CCC=C1. The highest BCUT2D eigenvalue weighted by Crippen LogP contribution is 2.09. The molecule has 5 heteroatoms. The van der Waals surface area contributed by atoms with Crippen molar-refractivity contribution in [1.29, 1.82) is 0 Å². The van der Waals surface area contributed by atoms with E-state index >= 15 is 0 Å². The average molecular weight is 207 g/mol. The quantitative estimate of drug-likeness (QED) is 0.496. The van der Waals surface area contributed by atoms with Crippen LogP contribution in [0.15, 0.2) is 33.8 Å². The summed E-state index contributed by atoms with van der Waals surface area (Å²) in [7, 11) is 3.45. The highest BCUT2D eigenvalue weighted by Gasteiger charge is 2.05. The van der Waals surface area contributed by atoms with E-state index in [9.17, 15) is 0 Å². The van der Waals surface area contributed by atoms with Crippen LogP contribution in [0, 0.1) is 0 Å². The Morgan fingerprint density at radius 1 is 1.53 bits per heavy atom. The molecule has 1 aliphatic rings. The molecule has 82 valence electrons. The highest BCUT2D eigenvalue weighted by atomic mass is 15.3. The standard InChI is InChI=1S/C10H17N5/c1-13-9(11)14-10(12)15(2)7-8-5-3-4-6-8/h3,5-6H,4,7H2,1-2H3,(H4,11,12,13,14). The number of nitrogens with two attached hydrogens (primary N) is 2. The normalized spacial score (nSPS) is 16.8. The Balaban J connectivity index is 2.56. The molecule has 15 heavy (non-hydrogen) atoms. The first-order valence-corrected chi connectivity index (χ1v) is 4.76. The van der Waals surface area contributed by atoms with Gasteiger partial charge in [0.2, 0.25) is 5.96 Å². The molecule has 0 heterocycles.